The van der Waals surface area contributed by atoms with E-state index in [4.69, 9.17) is 0 Å². The number of hydrogen-bond donors (Lipinski definition) is 0. The Morgan fingerprint density at radius 2 is 1.07 bits per heavy atom. The highest BCUT2D eigenvalue weighted by Crippen LogP contribution is 2.36. The van der Waals surface area contributed by atoms with Gasteiger partial charge in [0.05, 0.1) is 0 Å². The summed E-state index contributed by atoms with van der Waals surface area (Å²) in [6.07, 6.45) is 13.8. The highest BCUT2D eigenvalue weighted by Gasteiger charge is 2.10. The van der Waals surface area contributed by atoms with Gasteiger partial charge in [0.15, 0.2) is 0 Å². The second-order valence-electron chi connectivity index (χ2n) is 8.16. The summed E-state index contributed by atoms with van der Waals surface area (Å²) < 4.78 is 0. The molecule has 0 saturated heterocycles. The standard InChI is InChI=1S/C27H32/c1-2-3-4-5-6-7-8-9-10-12-21-15-16-24-18-17-22-13-11-14-23-19-20-25(21)27(24)26(22)23/h11,13-20H,2-10,12H2,1H3. The fourth-order valence-electron chi connectivity index (χ4n) is 4.64. The molecule has 27 heavy (non-hydrogen) atoms. The van der Waals surface area contributed by atoms with E-state index in [0.29, 0.717) is 0 Å². The zero-order valence-electron chi connectivity index (χ0n) is 16.8. The molecule has 0 spiro atoms. The average molecular weight is 357 g/mol. The summed E-state index contributed by atoms with van der Waals surface area (Å²) in [7, 11) is 0. The van der Waals surface area contributed by atoms with E-state index < -0.39 is 0 Å². The Morgan fingerprint density at radius 1 is 0.519 bits per heavy atom. The Kier molecular flexibility index (Phi) is 5.92. The van der Waals surface area contributed by atoms with Crippen LogP contribution in [-0.2, 0) is 6.42 Å². The second-order valence-corrected chi connectivity index (χ2v) is 8.16. The van der Waals surface area contributed by atoms with E-state index in [2.05, 4.69) is 61.5 Å². The first kappa shape index (κ1) is 18.3. The van der Waals surface area contributed by atoms with Crippen molar-refractivity contribution in [3.05, 3.63) is 60.2 Å². The molecule has 4 rings (SSSR count). The fourth-order valence-corrected chi connectivity index (χ4v) is 4.64. The lowest BCUT2D eigenvalue weighted by Crippen LogP contribution is -1.91. The average Bonchev–Trinajstić information content (AvgIpc) is 2.71. The Bertz CT molecular complexity index is 979. The summed E-state index contributed by atoms with van der Waals surface area (Å²) in [5, 5.41) is 8.50. The van der Waals surface area contributed by atoms with Crippen molar-refractivity contribution in [2.75, 3.05) is 0 Å². The summed E-state index contributed by atoms with van der Waals surface area (Å²) in [5.41, 5.74) is 1.53. The van der Waals surface area contributed by atoms with Crippen LogP contribution in [0.25, 0.3) is 32.3 Å². The number of unbranched alkanes of at least 4 members (excludes halogenated alkanes) is 8. The minimum absolute atomic E-state index is 1.21. The zero-order chi connectivity index (χ0) is 18.5. The molecule has 0 nitrogen and oxygen atoms in total. The monoisotopic (exact) mass is 356 g/mol. The third kappa shape index (κ3) is 3.95. The Morgan fingerprint density at radius 3 is 1.78 bits per heavy atom. The highest BCUT2D eigenvalue weighted by atomic mass is 14.1. The van der Waals surface area contributed by atoms with Gasteiger partial charge in [-0.15, -0.1) is 0 Å². The molecule has 0 heteroatoms. The maximum Gasteiger partial charge on any atom is -0.00240 e. The van der Waals surface area contributed by atoms with Crippen LogP contribution in [0.2, 0.25) is 0 Å². The summed E-state index contributed by atoms with van der Waals surface area (Å²) >= 11 is 0. The smallest absolute Gasteiger partial charge is 0.00240 e. The van der Waals surface area contributed by atoms with E-state index in [1.54, 1.807) is 0 Å². The summed E-state index contributed by atoms with van der Waals surface area (Å²) in [6, 6.07) is 20.6. The lowest BCUT2D eigenvalue weighted by molar-refractivity contribution is 0.565. The van der Waals surface area contributed by atoms with Gasteiger partial charge in [0.2, 0.25) is 0 Å². The molecule has 0 aliphatic carbocycles. The minimum Gasteiger partial charge on any atom is -0.0654 e. The molecule has 0 atom stereocenters. The largest absolute Gasteiger partial charge is 0.0654 e. The number of hydrogen-bond acceptors (Lipinski definition) is 0. The fraction of sp³-hybridized carbons (Fsp3) is 0.407. The predicted molar refractivity (Wildman–Crippen MR) is 121 cm³/mol. The van der Waals surface area contributed by atoms with Crippen LogP contribution in [0.1, 0.15) is 70.3 Å². The number of rotatable bonds is 10. The van der Waals surface area contributed by atoms with Crippen LogP contribution in [0.5, 0.6) is 0 Å². The van der Waals surface area contributed by atoms with Gasteiger partial charge >= 0.3 is 0 Å². The first-order chi connectivity index (χ1) is 13.4. The van der Waals surface area contributed by atoms with Crippen molar-refractivity contribution in [2.24, 2.45) is 0 Å². The van der Waals surface area contributed by atoms with E-state index >= 15 is 0 Å². The first-order valence-corrected chi connectivity index (χ1v) is 11.0. The maximum atomic E-state index is 2.37. The molecule has 140 valence electrons. The molecule has 0 radical (unpaired) electrons. The molecule has 0 bridgehead atoms. The zero-order valence-corrected chi connectivity index (χ0v) is 16.8. The molecule has 4 aromatic carbocycles. The normalized spacial score (nSPS) is 11.9. The molecule has 0 heterocycles. The molecular formula is C27H32. The van der Waals surface area contributed by atoms with E-state index in [1.807, 2.05) is 0 Å². The van der Waals surface area contributed by atoms with Gasteiger partial charge in [-0.05, 0) is 50.7 Å². The van der Waals surface area contributed by atoms with Crippen LogP contribution < -0.4 is 0 Å². The molecule has 0 aliphatic heterocycles. The van der Waals surface area contributed by atoms with Gasteiger partial charge < -0.3 is 0 Å². The van der Waals surface area contributed by atoms with Crippen molar-refractivity contribution in [3.63, 3.8) is 0 Å². The molecule has 0 amide bonds. The van der Waals surface area contributed by atoms with Crippen LogP contribution in [0.15, 0.2) is 54.6 Å². The van der Waals surface area contributed by atoms with Gasteiger partial charge in [0.1, 0.15) is 0 Å². The van der Waals surface area contributed by atoms with E-state index in [0.717, 1.165) is 0 Å². The van der Waals surface area contributed by atoms with Gasteiger partial charge in [-0.1, -0.05) is 113 Å². The summed E-state index contributed by atoms with van der Waals surface area (Å²) in [6.45, 7) is 2.29. The number of aryl methyl sites for hydroxylation is 1. The van der Waals surface area contributed by atoms with Gasteiger partial charge in [0, 0.05) is 0 Å². The first-order valence-electron chi connectivity index (χ1n) is 11.0. The van der Waals surface area contributed by atoms with Gasteiger partial charge in [-0.3, -0.25) is 0 Å². The Hall–Kier alpha value is -2.08. The molecule has 0 unspecified atom stereocenters. The van der Waals surface area contributed by atoms with Gasteiger partial charge in [-0.25, -0.2) is 0 Å². The molecule has 0 fully saturated rings. The molecular weight excluding hydrogens is 324 g/mol. The quantitative estimate of drug-likeness (QED) is 0.197. The number of benzene rings is 4. The summed E-state index contributed by atoms with van der Waals surface area (Å²) in [5.74, 6) is 0. The van der Waals surface area contributed by atoms with Gasteiger partial charge in [-0.2, -0.15) is 0 Å². The third-order valence-electron chi connectivity index (χ3n) is 6.17. The van der Waals surface area contributed by atoms with E-state index in [1.165, 1.54) is 102 Å². The molecule has 0 aromatic heterocycles. The molecule has 0 N–H and O–H groups in total. The van der Waals surface area contributed by atoms with Crippen molar-refractivity contribution in [3.8, 4) is 0 Å². The van der Waals surface area contributed by atoms with Gasteiger partial charge in [0.25, 0.3) is 0 Å². The molecule has 4 aromatic rings. The molecule has 0 saturated carbocycles. The Balaban J connectivity index is 1.42. The molecule has 0 aliphatic rings. The van der Waals surface area contributed by atoms with E-state index in [-0.39, 0.29) is 0 Å². The predicted octanol–water partition coefficient (Wildman–Crippen LogP) is 8.66. The third-order valence-corrected chi connectivity index (χ3v) is 6.17. The lowest BCUT2D eigenvalue weighted by Gasteiger charge is -2.14. The van der Waals surface area contributed by atoms with Crippen LogP contribution in [0, 0.1) is 0 Å². The highest BCUT2D eigenvalue weighted by molar-refractivity contribution is 6.23. The van der Waals surface area contributed by atoms with E-state index in [9.17, 15) is 0 Å². The van der Waals surface area contributed by atoms with Crippen LogP contribution in [-0.4, -0.2) is 0 Å². The van der Waals surface area contributed by atoms with Crippen LogP contribution in [0.3, 0.4) is 0 Å². The van der Waals surface area contributed by atoms with Crippen molar-refractivity contribution in [2.45, 2.75) is 71.1 Å². The van der Waals surface area contributed by atoms with Crippen LogP contribution >= 0.6 is 0 Å². The SMILES string of the molecule is CCCCCCCCCCCc1ccc2ccc3cccc4ccc1c2c34. The van der Waals surface area contributed by atoms with Crippen molar-refractivity contribution in [1.29, 1.82) is 0 Å². The summed E-state index contributed by atoms with van der Waals surface area (Å²) in [4.78, 5) is 0. The Labute approximate surface area is 163 Å². The van der Waals surface area contributed by atoms with Crippen LogP contribution in [0.4, 0.5) is 0 Å². The maximum absolute atomic E-state index is 2.37. The second kappa shape index (κ2) is 8.74. The van der Waals surface area contributed by atoms with Crippen molar-refractivity contribution >= 4 is 32.3 Å². The van der Waals surface area contributed by atoms with Crippen molar-refractivity contribution in [1.82, 2.24) is 0 Å². The minimum atomic E-state index is 1.21. The lowest BCUT2D eigenvalue weighted by atomic mass is 9.90. The van der Waals surface area contributed by atoms with Crippen molar-refractivity contribution < 1.29 is 0 Å². The topological polar surface area (TPSA) is 0 Å².